The van der Waals surface area contributed by atoms with Crippen molar-refractivity contribution < 1.29 is 28.5 Å². The molecule has 9 nitrogen and oxygen atoms in total. The third-order valence-electron chi connectivity index (χ3n) is 8.78. The predicted molar refractivity (Wildman–Crippen MR) is 155 cm³/mol. The van der Waals surface area contributed by atoms with Crippen LogP contribution in [0.5, 0.6) is 0 Å². The summed E-state index contributed by atoms with van der Waals surface area (Å²) in [5, 5.41) is 16.5. The molecule has 0 aromatic rings. The lowest BCUT2D eigenvalue weighted by molar-refractivity contribution is -0.278. The smallest absolute Gasteiger partial charge is 0.313 e. The van der Waals surface area contributed by atoms with E-state index in [1.165, 1.54) is 5.06 Å². The van der Waals surface area contributed by atoms with Crippen LogP contribution in [-0.2, 0) is 23.2 Å². The molecule has 3 aliphatic rings. The SMILES string of the molecule is CON1C(C)(C)CC(OP(OC2CC(C)(C)N(O)C(C)(C)C2)OC2CC(C)(C)N(OC)C(C)(C)C2)CC1(C)C. The van der Waals surface area contributed by atoms with Crippen LogP contribution in [0.4, 0.5) is 0 Å². The summed E-state index contributed by atoms with van der Waals surface area (Å²) in [5.74, 6) is 0. The van der Waals surface area contributed by atoms with Gasteiger partial charge in [0.2, 0.25) is 0 Å². The predicted octanol–water partition coefficient (Wildman–Crippen LogP) is 6.84. The molecule has 3 heterocycles. The van der Waals surface area contributed by atoms with E-state index in [1.54, 1.807) is 14.2 Å². The Bertz CT molecular complexity index is 749. The van der Waals surface area contributed by atoms with Crippen molar-refractivity contribution in [3.8, 4) is 0 Å². The van der Waals surface area contributed by atoms with Crippen molar-refractivity contribution in [1.82, 2.24) is 15.2 Å². The zero-order valence-corrected chi connectivity index (χ0v) is 28.1. The summed E-state index contributed by atoms with van der Waals surface area (Å²) in [6.07, 6.45) is 4.44. The van der Waals surface area contributed by atoms with Crippen molar-refractivity contribution in [3.05, 3.63) is 0 Å². The first kappa shape index (κ1) is 33.6. The van der Waals surface area contributed by atoms with Crippen LogP contribution in [0.15, 0.2) is 0 Å². The van der Waals surface area contributed by atoms with Crippen LogP contribution < -0.4 is 0 Å². The van der Waals surface area contributed by atoms with E-state index in [9.17, 15) is 5.21 Å². The fraction of sp³-hybridized carbons (Fsp3) is 1.00. The van der Waals surface area contributed by atoms with Crippen LogP contribution in [0.3, 0.4) is 0 Å². The second-order valence-corrected chi connectivity index (χ2v) is 16.9. The summed E-state index contributed by atoms with van der Waals surface area (Å²) in [4.78, 5) is 11.6. The highest BCUT2D eigenvalue weighted by Gasteiger charge is 2.51. The summed E-state index contributed by atoms with van der Waals surface area (Å²) >= 11 is 0. The topological polar surface area (TPSA) is 76.1 Å². The molecule has 3 saturated heterocycles. The van der Waals surface area contributed by atoms with Gasteiger partial charge < -0.3 is 28.5 Å². The zero-order valence-electron chi connectivity index (χ0n) is 27.3. The minimum Gasteiger partial charge on any atom is -0.313 e. The van der Waals surface area contributed by atoms with Gasteiger partial charge in [-0.1, -0.05) is 0 Å². The van der Waals surface area contributed by atoms with E-state index >= 15 is 0 Å². The summed E-state index contributed by atoms with van der Waals surface area (Å²) in [5.41, 5.74) is -1.67. The highest BCUT2D eigenvalue weighted by molar-refractivity contribution is 7.41. The molecule has 0 radical (unpaired) electrons. The minimum absolute atomic E-state index is 0.0356. The first-order chi connectivity index (χ1) is 17.6. The summed E-state index contributed by atoms with van der Waals surface area (Å²) in [6.45, 7) is 25.8. The molecule has 10 heteroatoms. The first-order valence-corrected chi connectivity index (χ1v) is 15.6. The van der Waals surface area contributed by atoms with Crippen molar-refractivity contribution >= 4 is 8.60 Å². The lowest BCUT2D eigenvalue weighted by Crippen LogP contribution is -2.62. The Hall–Kier alpha value is 0.0700. The molecule has 0 unspecified atom stereocenters. The van der Waals surface area contributed by atoms with Crippen LogP contribution in [0, 0.1) is 0 Å². The van der Waals surface area contributed by atoms with Crippen molar-refractivity contribution in [1.29, 1.82) is 0 Å². The third kappa shape index (κ3) is 7.35. The average molecular weight is 576 g/mol. The number of hydroxylamine groups is 6. The Kier molecular flexibility index (Phi) is 9.72. The maximum absolute atomic E-state index is 10.9. The molecule has 0 saturated carbocycles. The van der Waals surface area contributed by atoms with Gasteiger partial charge in [-0.25, -0.2) is 0 Å². The van der Waals surface area contributed by atoms with Gasteiger partial charge >= 0.3 is 8.60 Å². The largest absolute Gasteiger partial charge is 0.333 e. The summed E-state index contributed by atoms with van der Waals surface area (Å²) < 4.78 is 20.5. The highest BCUT2D eigenvalue weighted by Crippen LogP contribution is 2.54. The molecule has 0 amide bonds. The fourth-order valence-corrected chi connectivity index (χ4v) is 9.50. The van der Waals surface area contributed by atoms with Gasteiger partial charge in [0.05, 0.1) is 32.5 Å². The molecule has 0 aromatic heterocycles. The number of rotatable bonds is 8. The Labute approximate surface area is 239 Å². The molecule has 0 atom stereocenters. The lowest BCUT2D eigenvalue weighted by atomic mass is 9.80. The first-order valence-electron chi connectivity index (χ1n) is 14.5. The van der Waals surface area contributed by atoms with Crippen molar-refractivity contribution in [2.24, 2.45) is 0 Å². The molecule has 3 aliphatic heterocycles. The van der Waals surface area contributed by atoms with E-state index in [1.807, 2.05) is 0 Å². The van der Waals surface area contributed by atoms with Crippen molar-refractivity contribution in [3.63, 3.8) is 0 Å². The van der Waals surface area contributed by atoms with E-state index in [-0.39, 0.29) is 40.5 Å². The van der Waals surface area contributed by atoms with Gasteiger partial charge in [-0.2, -0.15) is 15.2 Å². The van der Waals surface area contributed by atoms with E-state index in [2.05, 4.69) is 93.2 Å². The molecule has 0 aliphatic carbocycles. The Morgan fingerprint density at radius 2 is 0.718 bits per heavy atom. The van der Waals surface area contributed by atoms with Gasteiger partial charge in [0.15, 0.2) is 0 Å². The molecular formula is C29H58N3O6P. The lowest BCUT2D eigenvalue weighted by Gasteiger charge is -2.54. The van der Waals surface area contributed by atoms with Crippen LogP contribution in [-0.4, -0.2) is 86.2 Å². The van der Waals surface area contributed by atoms with E-state index in [0.717, 1.165) is 25.7 Å². The molecular weight excluding hydrogens is 517 g/mol. The summed E-state index contributed by atoms with van der Waals surface area (Å²) in [7, 11) is 1.85. The number of nitrogens with zero attached hydrogens (tertiary/aromatic N) is 3. The van der Waals surface area contributed by atoms with E-state index in [4.69, 9.17) is 23.2 Å². The van der Waals surface area contributed by atoms with Crippen molar-refractivity contribution in [2.45, 2.75) is 173 Å². The maximum Gasteiger partial charge on any atom is 0.333 e. The standard InChI is InChI=1S/C29H58N3O6P/c1-24(2)15-21(16-25(3,4)30(24)33)36-39(37-22-17-26(5,6)31(34-13)27(7,8)18-22)38-23-19-28(9,10)32(35-14)29(11,12)20-23/h21-23,33H,15-20H2,1-14H3. The fourth-order valence-electron chi connectivity index (χ4n) is 8.17. The van der Waals surface area contributed by atoms with Crippen LogP contribution in [0.25, 0.3) is 0 Å². The molecule has 39 heavy (non-hydrogen) atoms. The Balaban J connectivity index is 1.85. The van der Waals surface area contributed by atoms with Crippen LogP contribution in [0.1, 0.15) is 122 Å². The second kappa shape index (κ2) is 11.3. The van der Waals surface area contributed by atoms with Gasteiger partial charge in [-0.15, -0.1) is 0 Å². The van der Waals surface area contributed by atoms with E-state index < -0.39 is 19.7 Å². The quantitative estimate of drug-likeness (QED) is 0.313. The molecule has 0 bridgehead atoms. The van der Waals surface area contributed by atoms with Gasteiger partial charge in [-0.3, -0.25) is 0 Å². The highest BCUT2D eigenvalue weighted by atomic mass is 31.2. The molecule has 1 N–H and O–H groups in total. The van der Waals surface area contributed by atoms with Gasteiger partial charge in [0.25, 0.3) is 0 Å². The normalized spacial score (nSPS) is 30.2. The molecule has 0 aromatic carbocycles. The number of hydrogen-bond donors (Lipinski definition) is 1. The van der Waals surface area contributed by atoms with Crippen LogP contribution in [0.2, 0.25) is 0 Å². The molecule has 0 spiro atoms. The minimum atomic E-state index is -1.65. The number of hydrogen-bond acceptors (Lipinski definition) is 9. The van der Waals surface area contributed by atoms with Gasteiger partial charge in [0, 0.05) is 33.2 Å². The number of piperidine rings is 3. The van der Waals surface area contributed by atoms with E-state index in [0.29, 0.717) is 12.8 Å². The second-order valence-electron chi connectivity index (χ2n) is 15.8. The molecule has 3 fully saturated rings. The molecule has 230 valence electrons. The summed E-state index contributed by atoms with van der Waals surface area (Å²) in [6, 6.07) is 0. The maximum atomic E-state index is 10.9. The zero-order chi connectivity index (χ0) is 29.8. The third-order valence-corrected chi connectivity index (χ3v) is 10.2. The van der Waals surface area contributed by atoms with Crippen molar-refractivity contribution in [2.75, 3.05) is 14.2 Å². The van der Waals surface area contributed by atoms with Crippen LogP contribution >= 0.6 is 8.60 Å². The Morgan fingerprint density at radius 3 is 0.949 bits per heavy atom. The Morgan fingerprint density at radius 1 is 0.487 bits per heavy atom. The van der Waals surface area contributed by atoms with Gasteiger partial charge in [-0.05, 0) is 122 Å². The monoisotopic (exact) mass is 575 g/mol. The average Bonchev–Trinajstić information content (AvgIpc) is 2.68. The van der Waals surface area contributed by atoms with Gasteiger partial charge in [0.1, 0.15) is 0 Å². The molecule has 3 rings (SSSR count).